The first-order valence-corrected chi connectivity index (χ1v) is 8.88. The van der Waals surface area contributed by atoms with Gasteiger partial charge in [-0.2, -0.15) is 13.2 Å². The third-order valence-corrected chi connectivity index (χ3v) is 5.61. The third-order valence-electron chi connectivity index (χ3n) is 3.79. The number of sulfone groups is 1. The largest absolute Gasteiger partial charge is 0.416 e. The van der Waals surface area contributed by atoms with Gasteiger partial charge in [0.05, 0.1) is 22.3 Å². The Morgan fingerprint density at radius 1 is 1.04 bits per heavy atom. The van der Waals surface area contributed by atoms with Gasteiger partial charge in [0.15, 0.2) is 9.84 Å². The number of urea groups is 1. The third kappa shape index (κ3) is 3.60. The van der Waals surface area contributed by atoms with Crippen LogP contribution in [0.4, 0.5) is 23.7 Å². The quantitative estimate of drug-likeness (QED) is 0.851. The monoisotopic (exact) mass is 370 g/mol. The van der Waals surface area contributed by atoms with E-state index in [4.69, 9.17) is 0 Å². The molecule has 2 N–H and O–H groups in total. The number of halogens is 3. The van der Waals surface area contributed by atoms with Gasteiger partial charge in [-0.25, -0.2) is 13.2 Å². The van der Waals surface area contributed by atoms with Crippen LogP contribution in [0, 0.1) is 0 Å². The van der Waals surface area contributed by atoms with Gasteiger partial charge >= 0.3 is 12.2 Å². The summed E-state index contributed by atoms with van der Waals surface area (Å²) >= 11 is 0. The fraction of sp³-hybridized carbons (Fsp3) is 0.188. The minimum absolute atomic E-state index is 0.166. The van der Waals surface area contributed by atoms with Gasteiger partial charge in [0.25, 0.3) is 0 Å². The average molecular weight is 370 g/mol. The van der Waals surface area contributed by atoms with Gasteiger partial charge in [-0.3, -0.25) is 0 Å². The maximum absolute atomic E-state index is 12.5. The zero-order valence-corrected chi connectivity index (χ0v) is 13.5. The Hall–Kier alpha value is -2.55. The lowest BCUT2D eigenvalue weighted by Gasteiger charge is -2.14. The summed E-state index contributed by atoms with van der Waals surface area (Å²) < 4.78 is 61.6. The highest BCUT2D eigenvalue weighted by Gasteiger charge is 2.35. The maximum atomic E-state index is 12.5. The Balaban J connectivity index is 1.70. The van der Waals surface area contributed by atoms with Crippen molar-refractivity contribution in [1.29, 1.82) is 0 Å². The van der Waals surface area contributed by atoms with Gasteiger partial charge in [-0.1, -0.05) is 18.2 Å². The van der Waals surface area contributed by atoms with E-state index in [0.717, 1.165) is 24.3 Å². The average Bonchev–Trinajstić information content (AvgIpc) is 2.78. The van der Waals surface area contributed by atoms with Crippen molar-refractivity contribution in [3.63, 3.8) is 0 Å². The van der Waals surface area contributed by atoms with E-state index in [9.17, 15) is 26.4 Å². The number of carbonyl (C=O) groups excluding carboxylic acids is 1. The first-order valence-electron chi connectivity index (χ1n) is 7.23. The van der Waals surface area contributed by atoms with Crippen molar-refractivity contribution in [3.05, 3.63) is 59.7 Å². The molecular formula is C16H13F3N2O3S. The number of amides is 2. The van der Waals surface area contributed by atoms with Crippen molar-refractivity contribution in [1.82, 2.24) is 5.32 Å². The number of alkyl halides is 3. The molecule has 2 aromatic rings. The van der Waals surface area contributed by atoms with Crippen LogP contribution in [-0.4, -0.2) is 20.2 Å². The van der Waals surface area contributed by atoms with Crippen LogP contribution in [0.1, 0.15) is 17.2 Å². The molecule has 2 aromatic carbocycles. The van der Waals surface area contributed by atoms with Crippen molar-refractivity contribution in [3.8, 4) is 0 Å². The molecule has 1 heterocycles. The molecule has 25 heavy (non-hydrogen) atoms. The molecule has 0 spiro atoms. The molecule has 1 aliphatic rings. The Morgan fingerprint density at radius 3 is 2.32 bits per heavy atom. The van der Waals surface area contributed by atoms with Crippen LogP contribution in [0.5, 0.6) is 0 Å². The second-order valence-corrected chi connectivity index (χ2v) is 7.55. The molecule has 9 heteroatoms. The van der Waals surface area contributed by atoms with E-state index >= 15 is 0 Å². The highest BCUT2D eigenvalue weighted by atomic mass is 32.2. The molecule has 5 nitrogen and oxygen atoms in total. The fourth-order valence-electron chi connectivity index (χ4n) is 2.64. The summed E-state index contributed by atoms with van der Waals surface area (Å²) in [5.74, 6) is -0.257. The minimum atomic E-state index is -4.46. The van der Waals surface area contributed by atoms with Crippen LogP contribution in [-0.2, 0) is 16.0 Å². The normalized spacial score (nSPS) is 18.4. The first kappa shape index (κ1) is 17.3. The molecule has 0 bridgehead atoms. The van der Waals surface area contributed by atoms with E-state index in [1.54, 1.807) is 18.2 Å². The number of hydrogen-bond donors (Lipinski definition) is 2. The minimum Gasteiger partial charge on any atom is -0.330 e. The second-order valence-electron chi connectivity index (χ2n) is 5.55. The molecule has 0 unspecified atom stereocenters. The molecule has 0 fully saturated rings. The first-order chi connectivity index (χ1) is 11.7. The molecule has 2 amide bonds. The Kier molecular flexibility index (Phi) is 4.19. The highest BCUT2D eigenvalue weighted by Crippen LogP contribution is 2.33. The summed E-state index contributed by atoms with van der Waals surface area (Å²) in [4.78, 5) is 12.2. The van der Waals surface area contributed by atoms with Crippen molar-refractivity contribution in [2.24, 2.45) is 0 Å². The number of anilines is 1. The zero-order valence-electron chi connectivity index (χ0n) is 12.7. The maximum Gasteiger partial charge on any atom is 0.416 e. The summed E-state index contributed by atoms with van der Waals surface area (Å²) in [7, 11) is -3.46. The molecule has 0 radical (unpaired) electrons. The highest BCUT2D eigenvalue weighted by molar-refractivity contribution is 7.91. The fourth-order valence-corrected chi connectivity index (χ4v) is 4.37. The Labute approximate surface area is 141 Å². The van der Waals surface area contributed by atoms with Gasteiger partial charge in [0, 0.05) is 5.69 Å². The SMILES string of the molecule is O=C(Nc1ccc(C(F)(F)F)cc1)N[C@@H]1CS(=O)(=O)c2ccccc21. The van der Waals surface area contributed by atoms with Gasteiger partial charge < -0.3 is 10.6 Å². The lowest BCUT2D eigenvalue weighted by molar-refractivity contribution is -0.137. The molecule has 1 atom stereocenters. The van der Waals surface area contributed by atoms with Crippen molar-refractivity contribution < 1.29 is 26.4 Å². The van der Waals surface area contributed by atoms with E-state index in [0.29, 0.717) is 5.56 Å². The van der Waals surface area contributed by atoms with Gasteiger partial charge in [-0.05, 0) is 35.9 Å². The van der Waals surface area contributed by atoms with Crippen LogP contribution in [0.2, 0.25) is 0 Å². The smallest absolute Gasteiger partial charge is 0.330 e. The standard InChI is InChI=1S/C16H13F3N2O3S/c17-16(18,19)10-5-7-11(8-6-10)20-15(22)21-13-9-25(23,24)14-4-2-1-3-12(13)14/h1-8,13H,9H2,(H2,20,21,22)/t13-/m1/s1. The molecule has 0 saturated heterocycles. The topological polar surface area (TPSA) is 75.3 Å². The van der Waals surface area contributed by atoms with E-state index < -0.39 is 33.6 Å². The molecule has 0 saturated carbocycles. The number of benzene rings is 2. The summed E-state index contributed by atoms with van der Waals surface area (Å²) in [6.45, 7) is 0. The van der Waals surface area contributed by atoms with Gasteiger partial charge in [0.2, 0.25) is 0 Å². The molecule has 1 aliphatic heterocycles. The number of nitrogens with one attached hydrogen (secondary N) is 2. The van der Waals surface area contributed by atoms with Crippen LogP contribution < -0.4 is 10.6 Å². The number of carbonyl (C=O) groups is 1. The van der Waals surface area contributed by atoms with E-state index in [1.807, 2.05) is 0 Å². The summed E-state index contributed by atoms with van der Waals surface area (Å²) in [6, 6.07) is 8.90. The molecule has 0 aliphatic carbocycles. The predicted molar refractivity (Wildman–Crippen MR) is 84.8 cm³/mol. The van der Waals surface area contributed by atoms with Crippen LogP contribution in [0.15, 0.2) is 53.4 Å². The van der Waals surface area contributed by atoms with Gasteiger partial charge in [0.1, 0.15) is 0 Å². The molecule has 132 valence electrons. The predicted octanol–water partition coefficient (Wildman–Crippen LogP) is 3.36. The van der Waals surface area contributed by atoms with E-state index in [1.165, 1.54) is 6.07 Å². The molecular weight excluding hydrogens is 357 g/mol. The van der Waals surface area contributed by atoms with Crippen molar-refractivity contribution in [2.75, 3.05) is 11.1 Å². The number of fused-ring (bicyclic) bond motifs is 1. The van der Waals surface area contributed by atoms with Crippen molar-refractivity contribution in [2.45, 2.75) is 17.1 Å². The number of rotatable bonds is 2. The summed E-state index contributed by atoms with van der Waals surface area (Å²) in [6.07, 6.45) is -4.46. The Bertz CT molecular complexity index is 909. The number of hydrogen-bond acceptors (Lipinski definition) is 3. The van der Waals surface area contributed by atoms with E-state index in [2.05, 4.69) is 10.6 Å². The molecule has 3 rings (SSSR count). The van der Waals surface area contributed by atoms with Gasteiger partial charge in [-0.15, -0.1) is 0 Å². The zero-order chi connectivity index (χ0) is 18.2. The lowest BCUT2D eigenvalue weighted by atomic mass is 10.1. The van der Waals surface area contributed by atoms with E-state index in [-0.39, 0.29) is 16.3 Å². The van der Waals surface area contributed by atoms with Crippen LogP contribution in [0.3, 0.4) is 0 Å². The summed E-state index contributed by atoms with van der Waals surface area (Å²) in [5.41, 5.74) is -0.168. The summed E-state index contributed by atoms with van der Waals surface area (Å²) in [5, 5.41) is 4.93. The second kappa shape index (κ2) is 6.07. The molecule has 0 aromatic heterocycles. The van der Waals surface area contributed by atoms with Crippen LogP contribution >= 0.6 is 0 Å². The Morgan fingerprint density at radius 2 is 1.68 bits per heavy atom. The van der Waals surface area contributed by atoms with Crippen LogP contribution in [0.25, 0.3) is 0 Å². The van der Waals surface area contributed by atoms with Crippen molar-refractivity contribution >= 4 is 21.6 Å². The lowest BCUT2D eigenvalue weighted by Crippen LogP contribution is -2.33.